The maximum Gasteiger partial charge on any atom is 0.221 e. The van der Waals surface area contributed by atoms with E-state index in [9.17, 15) is 9.59 Å². The van der Waals surface area contributed by atoms with Crippen molar-refractivity contribution in [1.82, 2.24) is 10.2 Å². The minimum atomic E-state index is 0.0699. The molecule has 1 heterocycles. The normalized spacial score (nSPS) is 17.1. The highest BCUT2D eigenvalue weighted by Gasteiger charge is 2.16. The van der Waals surface area contributed by atoms with E-state index in [2.05, 4.69) is 5.32 Å². The molecule has 0 aliphatic carbocycles. The van der Waals surface area contributed by atoms with Crippen molar-refractivity contribution in [2.75, 3.05) is 26.2 Å². The van der Waals surface area contributed by atoms with Crippen LogP contribution in [0.25, 0.3) is 0 Å². The third kappa shape index (κ3) is 3.40. The molecular formula is C14H18N2O2. The number of Topliss-reactive ketones (excluding diaryl/α,β-unsaturated/α-hetero) is 1. The smallest absolute Gasteiger partial charge is 0.221 e. The van der Waals surface area contributed by atoms with E-state index in [1.54, 1.807) is 0 Å². The van der Waals surface area contributed by atoms with Gasteiger partial charge in [0.05, 0.1) is 6.54 Å². The van der Waals surface area contributed by atoms with Crippen molar-refractivity contribution in [3.8, 4) is 0 Å². The largest absolute Gasteiger partial charge is 0.355 e. The Morgan fingerprint density at radius 1 is 1.39 bits per heavy atom. The minimum Gasteiger partial charge on any atom is -0.355 e. The van der Waals surface area contributed by atoms with Crippen LogP contribution in [0.5, 0.6) is 0 Å². The Kier molecular flexibility index (Phi) is 4.10. The summed E-state index contributed by atoms with van der Waals surface area (Å²) in [5.41, 5.74) is 1.84. The molecule has 1 N–H and O–H groups in total. The molecule has 0 unspecified atom stereocenters. The number of ketones is 1. The van der Waals surface area contributed by atoms with E-state index in [1.807, 2.05) is 36.1 Å². The standard InChI is InChI=1S/C14H18N2O2/c1-11-3-2-4-12(9-11)13(17)10-16-7-5-14(18)15-6-8-16/h2-4,9H,5-8,10H2,1H3,(H,15,18). The molecule has 1 aliphatic rings. The molecule has 1 aliphatic heterocycles. The second kappa shape index (κ2) is 5.78. The zero-order valence-electron chi connectivity index (χ0n) is 10.6. The second-order valence-electron chi connectivity index (χ2n) is 4.67. The van der Waals surface area contributed by atoms with Crippen molar-refractivity contribution >= 4 is 11.7 Å². The Bertz CT molecular complexity index is 457. The van der Waals surface area contributed by atoms with Crippen LogP contribution in [0.2, 0.25) is 0 Å². The number of hydrogen-bond donors (Lipinski definition) is 1. The van der Waals surface area contributed by atoms with Crippen molar-refractivity contribution in [3.63, 3.8) is 0 Å². The predicted octanol–water partition coefficient (Wildman–Crippen LogP) is 1.000. The molecule has 0 spiro atoms. The molecule has 4 heteroatoms. The first-order valence-corrected chi connectivity index (χ1v) is 6.24. The lowest BCUT2D eigenvalue weighted by atomic mass is 10.1. The topological polar surface area (TPSA) is 49.4 Å². The molecule has 0 atom stereocenters. The van der Waals surface area contributed by atoms with Crippen LogP contribution in [0.1, 0.15) is 22.3 Å². The number of rotatable bonds is 3. The number of nitrogens with zero attached hydrogens (tertiary/aromatic N) is 1. The highest BCUT2D eigenvalue weighted by molar-refractivity contribution is 5.97. The molecule has 1 fully saturated rings. The number of nitrogens with one attached hydrogen (secondary N) is 1. The van der Waals surface area contributed by atoms with Crippen LogP contribution in [-0.4, -0.2) is 42.8 Å². The minimum absolute atomic E-state index is 0.0699. The van der Waals surface area contributed by atoms with E-state index in [0.717, 1.165) is 17.7 Å². The van der Waals surface area contributed by atoms with Gasteiger partial charge in [0.1, 0.15) is 0 Å². The highest BCUT2D eigenvalue weighted by atomic mass is 16.1. The van der Waals surface area contributed by atoms with Gasteiger partial charge in [-0.25, -0.2) is 0 Å². The summed E-state index contributed by atoms with van der Waals surface area (Å²) in [5.74, 6) is 0.188. The third-order valence-corrected chi connectivity index (χ3v) is 3.11. The molecule has 1 amide bonds. The van der Waals surface area contributed by atoms with E-state index in [-0.39, 0.29) is 11.7 Å². The van der Waals surface area contributed by atoms with Gasteiger partial charge >= 0.3 is 0 Å². The average Bonchev–Trinajstić information content (AvgIpc) is 2.54. The van der Waals surface area contributed by atoms with Crippen LogP contribution in [0.4, 0.5) is 0 Å². The Hall–Kier alpha value is -1.68. The molecule has 0 radical (unpaired) electrons. The molecule has 0 aromatic heterocycles. The van der Waals surface area contributed by atoms with Crippen molar-refractivity contribution in [2.24, 2.45) is 0 Å². The monoisotopic (exact) mass is 246 g/mol. The van der Waals surface area contributed by atoms with Gasteiger partial charge in [-0.2, -0.15) is 0 Å². The lowest BCUT2D eigenvalue weighted by Crippen LogP contribution is -2.33. The fourth-order valence-corrected chi connectivity index (χ4v) is 2.08. The first-order chi connectivity index (χ1) is 8.65. The van der Waals surface area contributed by atoms with Crippen molar-refractivity contribution in [1.29, 1.82) is 0 Å². The van der Waals surface area contributed by atoms with Gasteiger partial charge in [0.2, 0.25) is 5.91 Å². The van der Waals surface area contributed by atoms with Crippen LogP contribution in [-0.2, 0) is 4.79 Å². The van der Waals surface area contributed by atoms with Crippen molar-refractivity contribution in [2.45, 2.75) is 13.3 Å². The summed E-state index contributed by atoms with van der Waals surface area (Å²) < 4.78 is 0. The lowest BCUT2D eigenvalue weighted by molar-refractivity contribution is -0.120. The Balaban J connectivity index is 1.96. The van der Waals surface area contributed by atoms with Crippen LogP contribution < -0.4 is 5.32 Å². The number of aryl methyl sites for hydroxylation is 1. The van der Waals surface area contributed by atoms with Gasteiger partial charge in [0.15, 0.2) is 5.78 Å². The maximum atomic E-state index is 12.1. The average molecular weight is 246 g/mol. The van der Waals surface area contributed by atoms with Gasteiger partial charge in [-0.15, -0.1) is 0 Å². The van der Waals surface area contributed by atoms with Crippen LogP contribution in [0.15, 0.2) is 24.3 Å². The molecule has 96 valence electrons. The van der Waals surface area contributed by atoms with Crippen molar-refractivity contribution in [3.05, 3.63) is 35.4 Å². The summed E-state index contributed by atoms with van der Waals surface area (Å²) in [6.45, 7) is 4.39. The fourth-order valence-electron chi connectivity index (χ4n) is 2.08. The molecular weight excluding hydrogens is 228 g/mol. The second-order valence-corrected chi connectivity index (χ2v) is 4.67. The van der Waals surface area contributed by atoms with E-state index in [1.165, 1.54) is 0 Å². The Labute approximate surface area is 107 Å². The Morgan fingerprint density at radius 2 is 2.22 bits per heavy atom. The first-order valence-electron chi connectivity index (χ1n) is 6.24. The van der Waals surface area contributed by atoms with E-state index >= 15 is 0 Å². The predicted molar refractivity (Wildman–Crippen MR) is 69.6 cm³/mol. The van der Waals surface area contributed by atoms with Crippen LogP contribution >= 0.6 is 0 Å². The molecule has 1 saturated heterocycles. The zero-order valence-corrected chi connectivity index (χ0v) is 10.6. The lowest BCUT2D eigenvalue weighted by Gasteiger charge is -2.17. The fraction of sp³-hybridized carbons (Fsp3) is 0.429. The van der Waals surface area contributed by atoms with Crippen molar-refractivity contribution < 1.29 is 9.59 Å². The van der Waals surface area contributed by atoms with E-state index in [4.69, 9.17) is 0 Å². The summed E-state index contributed by atoms with van der Waals surface area (Å²) in [6.07, 6.45) is 0.473. The highest BCUT2D eigenvalue weighted by Crippen LogP contribution is 2.07. The van der Waals surface area contributed by atoms with Crippen LogP contribution in [0.3, 0.4) is 0 Å². The molecule has 1 aromatic rings. The van der Waals surface area contributed by atoms with Gasteiger partial charge in [0.25, 0.3) is 0 Å². The SMILES string of the molecule is Cc1cccc(C(=O)CN2CCNC(=O)CC2)c1. The number of amides is 1. The number of hydrogen-bond acceptors (Lipinski definition) is 3. The number of carbonyl (C=O) groups is 2. The summed E-state index contributed by atoms with van der Waals surface area (Å²) in [4.78, 5) is 25.3. The van der Waals surface area contributed by atoms with Gasteiger partial charge in [-0.05, 0) is 13.0 Å². The van der Waals surface area contributed by atoms with Gasteiger partial charge in [0, 0.05) is 31.6 Å². The summed E-state index contributed by atoms with van der Waals surface area (Å²) >= 11 is 0. The molecule has 4 nitrogen and oxygen atoms in total. The first kappa shape index (κ1) is 12.8. The summed E-state index contributed by atoms with van der Waals surface area (Å²) in [7, 11) is 0. The molecule has 0 bridgehead atoms. The summed E-state index contributed by atoms with van der Waals surface area (Å²) in [5, 5.41) is 2.80. The quantitative estimate of drug-likeness (QED) is 0.809. The maximum absolute atomic E-state index is 12.1. The van der Waals surface area contributed by atoms with Crippen LogP contribution in [0, 0.1) is 6.92 Å². The van der Waals surface area contributed by atoms with E-state index in [0.29, 0.717) is 26.1 Å². The Morgan fingerprint density at radius 3 is 3.00 bits per heavy atom. The summed E-state index contributed by atoms with van der Waals surface area (Å²) in [6, 6.07) is 7.63. The third-order valence-electron chi connectivity index (χ3n) is 3.11. The molecule has 18 heavy (non-hydrogen) atoms. The van der Waals surface area contributed by atoms with Gasteiger partial charge < -0.3 is 5.32 Å². The zero-order chi connectivity index (χ0) is 13.0. The molecule has 0 saturated carbocycles. The van der Waals surface area contributed by atoms with Gasteiger partial charge in [-0.3, -0.25) is 14.5 Å². The van der Waals surface area contributed by atoms with E-state index < -0.39 is 0 Å². The molecule has 2 rings (SSSR count). The van der Waals surface area contributed by atoms with Gasteiger partial charge in [-0.1, -0.05) is 23.8 Å². The number of benzene rings is 1. The number of carbonyl (C=O) groups excluding carboxylic acids is 2. The molecule has 1 aromatic carbocycles.